The van der Waals surface area contributed by atoms with E-state index in [4.69, 9.17) is 0 Å². The average molecular weight is 372 g/mol. The van der Waals surface area contributed by atoms with Gasteiger partial charge in [0, 0.05) is 11.5 Å². The van der Waals surface area contributed by atoms with Crippen LogP contribution in [0.3, 0.4) is 0 Å². The van der Waals surface area contributed by atoms with E-state index >= 15 is 0 Å². The number of hydrogen-bond acceptors (Lipinski definition) is 4. The molecule has 4 rings (SSSR count). The minimum Gasteiger partial charge on any atom is -0.362 e. The molecule has 1 fully saturated rings. The van der Waals surface area contributed by atoms with E-state index in [2.05, 4.69) is 60.6 Å². The topological polar surface area (TPSA) is 55.6 Å². The Morgan fingerprint density at radius 1 is 1.22 bits per heavy atom. The average Bonchev–Trinajstić information content (AvgIpc) is 2.88. The molecular formula is C17H18BrN5. The van der Waals surface area contributed by atoms with Gasteiger partial charge in [-0.1, -0.05) is 34.5 Å². The zero-order valence-electron chi connectivity index (χ0n) is 12.9. The number of aromatic nitrogens is 4. The van der Waals surface area contributed by atoms with Crippen molar-refractivity contribution in [1.29, 1.82) is 0 Å². The summed E-state index contributed by atoms with van der Waals surface area (Å²) in [5.74, 6) is 1.51. The Hall–Kier alpha value is -1.95. The van der Waals surface area contributed by atoms with Crippen molar-refractivity contribution >= 4 is 32.8 Å². The van der Waals surface area contributed by atoms with Gasteiger partial charge < -0.3 is 5.32 Å². The summed E-state index contributed by atoms with van der Waals surface area (Å²) in [6.07, 6.45) is 7.26. The Morgan fingerprint density at radius 3 is 2.70 bits per heavy atom. The largest absolute Gasteiger partial charge is 0.362 e. The van der Waals surface area contributed by atoms with Gasteiger partial charge in [-0.05, 0) is 36.5 Å². The molecule has 1 aliphatic rings. The van der Waals surface area contributed by atoms with Crippen LogP contribution in [-0.4, -0.2) is 19.7 Å². The number of rotatable bonds is 4. The lowest BCUT2D eigenvalue weighted by atomic mass is 9.77. The lowest BCUT2D eigenvalue weighted by Gasteiger charge is -2.35. The molecule has 3 aromatic rings. The first kappa shape index (κ1) is 14.6. The number of nitrogens with zero attached hydrogens (tertiary/aromatic N) is 4. The van der Waals surface area contributed by atoms with Gasteiger partial charge in [0.1, 0.15) is 12.1 Å². The van der Waals surface area contributed by atoms with Gasteiger partial charge in [-0.2, -0.15) is 5.10 Å². The van der Waals surface area contributed by atoms with Crippen LogP contribution in [0.2, 0.25) is 0 Å². The van der Waals surface area contributed by atoms with E-state index in [1.807, 2.05) is 13.2 Å². The van der Waals surface area contributed by atoms with Crippen LogP contribution in [-0.2, 0) is 7.05 Å². The lowest BCUT2D eigenvalue weighted by Crippen LogP contribution is -2.26. The SMILES string of the molecule is Cn1ncc2c(N[C@H](c3ccc(Br)cc3)C3CCC3)ncnc21. The zero-order chi connectivity index (χ0) is 15.8. The Kier molecular flexibility index (Phi) is 3.77. The van der Waals surface area contributed by atoms with Crippen LogP contribution in [0.5, 0.6) is 0 Å². The molecule has 1 saturated carbocycles. The van der Waals surface area contributed by atoms with Crippen molar-refractivity contribution in [2.45, 2.75) is 25.3 Å². The maximum Gasteiger partial charge on any atom is 0.163 e. The van der Waals surface area contributed by atoms with Gasteiger partial charge in [0.2, 0.25) is 0 Å². The van der Waals surface area contributed by atoms with Crippen LogP contribution in [0.15, 0.2) is 41.3 Å². The molecule has 0 saturated heterocycles. The summed E-state index contributed by atoms with van der Waals surface area (Å²) in [4.78, 5) is 8.77. The van der Waals surface area contributed by atoms with Crippen LogP contribution in [0.1, 0.15) is 30.9 Å². The lowest BCUT2D eigenvalue weighted by molar-refractivity contribution is 0.277. The van der Waals surface area contributed by atoms with Crippen molar-refractivity contribution in [1.82, 2.24) is 19.7 Å². The number of fused-ring (bicyclic) bond motifs is 1. The van der Waals surface area contributed by atoms with Gasteiger partial charge in [0.05, 0.1) is 17.6 Å². The molecule has 0 unspecified atom stereocenters. The molecule has 0 radical (unpaired) electrons. The molecule has 1 N–H and O–H groups in total. The fourth-order valence-corrected chi connectivity index (χ4v) is 3.41. The fraction of sp³-hybridized carbons (Fsp3) is 0.353. The van der Waals surface area contributed by atoms with Crippen molar-refractivity contribution in [2.24, 2.45) is 13.0 Å². The molecule has 1 aliphatic carbocycles. The Bertz CT molecular complexity index is 823. The van der Waals surface area contributed by atoms with Crippen molar-refractivity contribution in [3.05, 3.63) is 46.8 Å². The normalized spacial score (nSPS) is 16.3. The monoisotopic (exact) mass is 371 g/mol. The Labute approximate surface area is 143 Å². The minimum absolute atomic E-state index is 0.273. The summed E-state index contributed by atoms with van der Waals surface area (Å²) in [6, 6.07) is 8.84. The number of hydrogen-bond donors (Lipinski definition) is 1. The number of aryl methyl sites for hydroxylation is 1. The summed E-state index contributed by atoms with van der Waals surface area (Å²) >= 11 is 3.51. The summed E-state index contributed by atoms with van der Waals surface area (Å²) < 4.78 is 2.88. The second-order valence-electron chi connectivity index (χ2n) is 6.09. The zero-order valence-corrected chi connectivity index (χ0v) is 14.5. The summed E-state index contributed by atoms with van der Waals surface area (Å²) in [6.45, 7) is 0. The molecule has 0 aliphatic heterocycles. The minimum atomic E-state index is 0.273. The van der Waals surface area contributed by atoms with Crippen LogP contribution in [0.25, 0.3) is 11.0 Å². The van der Waals surface area contributed by atoms with E-state index in [0.717, 1.165) is 21.3 Å². The summed E-state index contributed by atoms with van der Waals surface area (Å²) in [5, 5.41) is 8.92. The molecule has 23 heavy (non-hydrogen) atoms. The first-order valence-electron chi connectivity index (χ1n) is 7.87. The molecule has 0 amide bonds. The first-order chi connectivity index (χ1) is 11.2. The molecule has 0 bridgehead atoms. The molecule has 5 nitrogen and oxygen atoms in total. The van der Waals surface area contributed by atoms with E-state index < -0.39 is 0 Å². The van der Waals surface area contributed by atoms with Crippen LogP contribution in [0, 0.1) is 5.92 Å². The molecule has 2 aromatic heterocycles. The number of nitrogens with one attached hydrogen (secondary N) is 1. The predicted octanol–water partition coefficient (Wildman–Crippen LogP) is 4.08. The van der Waals surface area contributed by atoms with E-state index in [9.17, 15) is 0 Å². The number of anilines is 1. The van der Waals surface area contributed by atoms with E-state index in [1.165, 1.54) is 24.8 Å². The third kappa shape index (κ3) is 2.72. The molecule has 118 valence electrons. The van der Waals surface area contributed by atoms with E-state index in [-0.39, 0.29) is 6.04 Å². The van der Waals surface area contributed by atoms with Gasteiger partial charge >= 0.3 is 0 Å². The maximum atomic E-state index is 4.46. The molecule has 1 atom stereocenters. The summed E-state index contributed by atoms with van der Waals surface area (Å²) in [5.41, 5.74) is 2.15. The van der Waals surface area contributed by atoms with Gasteiger partial charge in [-0.3, -0.25) is 4.68 Å². The molecule has 0 spiro atoms. The highest BCUT2D eigenvalue weighted by molar-refractivity contribution is 9.10. The number of halogens is 1. The van der Waals surface area contributed by atoms with E-state index in [0.29, 0.717) is 5.92 Å². The van der Waals surface area contributed by atoms with Crippen LogP contribution in [0.4, 0.5) is 5.82 Å². The fourth-order valence-electron chi connectivity index (χ4n) is 3.14. The van der Waals surface area contributed by atoms with Crippen molar-refractivity contribution in [3.8, 4) is 0 Å². The van der Waals surface area contributed by atoms with Crippen molar-refractivity contribution in [3.63, 3.8) is 0 Å². The summed E-state index contributed by atoms with van der Waals surface area (Å²) in [7, 11) is 1.90. The Balaban J connectivity index is 1.70. The Morgan fingerprint density at radius 2 is 2.00 bits per heavy atom. The van der Waals surface area contributed by atoms with Crippen LogP contribution < -0.4 is 5.32 Å². The highest BCUT2D eigenvalue weighted by Gasteiger charge is 2.29. The van der Waals surface area contributed by atoms with Gasteiger partial charge in [-0.25, -0.2) is 9.97 Å². The molecule has 1 aromatic carbocycles. The number of benzene rings is 1. The third-order valence-electron chi connectivity index (χ3n) is 4.67. The third-order valence-corrected chi connectivity index (χ3v) is 5.20. The predicted molar refractivity (Wildman–Crippen MR) is 94.2 cm³/mol. The standard InChI is InChI=1S/C17H18BrN5/c1-23-17-14(9-21-23)16(19-10-20-17)22-15(11-3-2-4-11)12-5-7-13(18)8-6-12/h5-11,15H,2-4H2,1H3,(H,19,20,22)/t15-/m0/s1. The quantitative estimate of drug-likeness (QED) is 0.750. The van der Waals surface area contributed by atoms with Gasteiger partial charge in [0.25, 0.3) is 0 Å². The highest BCUT2D eigenvalue weighted by atomic mass is 79.9. The maximum absolute atomic E-state index is 4.46. The van der Waals surface area contributed by atoms with Crippen LogP contribution >= 0.6 is 15.9 Å². The highest BCUT2D eigenvalue weighted by Crippen LogP contribution is 2.40. The smallest absolute Gasteiger partial charge is 0.163 e. The second-order valence-corrected chi connectivity index (χ2v) is 7.01. The van der Waals surface area contributed by atoms with Gasteiger partial charge in [0.15, 0.2) is 5.65 Å². The second kappa shape index (κ2) is 5.92. The van der Waals surface area contributed by atoms with Crippen molar-refractivity contribution < 1.29 is 0 Å². The first-order valence-corrected chi connectivity index (χ1v) is 8.66. The van der Waals surface area contributed by atoms with Gasteiger partial charge in [-0.15, -0.1) is 0 Å². The van der Waals surface area contributed by atoms with Crippen molar-refractivity contribution in [2.75, 3.05) is 5.32 Å². The molecular weight excluding hydrogens is 354 g/mol. The van der Waals surface area contributed by atoms with E-state index in [1.54, 1.807) is 11.0 Å². The molecule has 2 heterocycles. The molecule has 6 heteroatoms.